The molecule has 0 saturated carbocycles. The van der Waals surface area contributed by atoms with Crippen LogP contribution >= 0.6 is 0 Å². The number of hydrogen-bond acceptors (Lipinski definition) is 6. The molecule has 2 aromatic carbocycles. The van der Waals surface area contributed by atoms with Crippen molar-refractivity contribution in [1.82, 2.24) is 10.2 Å². The van der Waals surface area contributed by atoms with E-state index in [-0.39, 0.29) is 18.9 Å². The maximum Gasteiger partial charge on any atom is 0.232 e. The second-order valence-corrected chi connectivity index (χ2v) is 9.95. The number of carbonyl (C=O) groups is 1. The highest BCUT2D eigenvalue weighted by Gasteiger charge is 2.21. The van der Waals surface area contributed by atoms with Gasteiger partial charge in [0.2, 0.25) is 15.9 Å². The summed E-state index contributed by atoms with van der Waals surface area (Å²) in [6, 6.07) is 15.1. The molecule has 3 rings (SSSR count). The zero-order chi connectivity index (χ0) is 23.7. The Bertz CT molecular complexity index is 1020. The summed E-state index contributed by atoms with van der Waals surface area (Å²) in [5.41, 5.74) is 2.75. The van der Waals surface area contributed by atoms with E-state index < -0.39 is 10.0 Å². The van der Waals surface area contributed by atoms with E-state index in [1.54, 1.807) is 24.3 Å². The first-order chi connectivity index (χ1) is 15.9. The number of hydrogen-bond donors (Lipinski definition) is 1. The van der Waals surface area contributed by atoms with Crippen molar-refractivity contribution in [3.63, 3.8) is 0 Å². The predicted octanol–water partition coefficient (Wildman–Crippen LogP) is 2.39. The van der Waals surface area contributed by atoms with Crippen molar-refractivity contribution in [1.29, 1.82) is 0 Å². The Hall–Kier alpha value is -2.62. The van der Waals surface area contributed by atoms with Crippen LogP contribution in [-0.4, -0.2) is 65.4 Å². The van der Waals surface area contributed by atoms with Crippen LogP contribution in [0.4, 0.5) is 5.69 Å². The summed E-state index contributed by atoms with van der Waals surface area (Å²) in [6.07, 6.45) is 1.78. The van der Waals surface area contributed by atoms with E-state index in [4.69, 9.17) is 9.47 Å². The number of nitrogens with one attached hydrogen (secondary N) is 1. The summed E-state index contributed by atoms with van der Waals surface area (Å²) in [5.74, 6) is 0.369. The fourth-order valence-electron chi connectivity index (χ4n) is 3.85. The first-order valence-electron chi connectivity index (χ1n) is 11.1. The lowest BCUT2D eigenvalue weighted by Gasteiger charge is -2.27. The summed E-state index contributed by atoms with van der Waals surface area (Å²) in [6.45, 7) is 4.78. The SMILES string of the molecule is COc1ccccc1N(CCCC(=O)NCc1ccccc1CN1CCOCC1)S(C)(=O)=O. The van der Waals surface area contributed by atoms with E-state index >= 15 is 0 Å². The molecule has 0 radical (unpaired) electrons. The number of methoxy groups -OCH3 is 1. The summed E-state index contributed by atoms with van der Waals surface area (Å²) in [5, 5.41) is 2.98. The summed E-state index contributed by atoms with van der Waals surface area (Å²) in [7, 11) is -2.01. The van der Waals surface area contributed by atoms with Gasteiger partial charge in [-0.25, -0.2) is 8.42 Å². The Kier molecular flexibility index (Phi) is 9.11. The number of ether oxygens (including phenoxy) is 2. The van der Waals surface area contributed by atoms with Gasteiger partial charge in [0, 0.05) is 39.1 Å². The highest BCUT2D eigenvalue weighted by molar-refractivity contribution is 7.92. The molecule has 1 heterocycles. The predicted molar refractivity (Wildman–Crippen MR) is 129 cm³/mol. The molecule has 1 saturated heterocycles. The Morgan fingerprint density at radius 2 is 1.76 bits per heavy atom. The van der Waals surface area contributed by atoms with Crippen molar-refractivity contribution in [2.75, 3.05) is 50.5 Å². The van der Waals surface area contributed by atoms with Crippen molar-refractivity contribution >= 4 is 21.6 Å². The van der Waals surface area contributed by atoms with Crippen molar-refractivity contribution < 1.29 is 22.7 Å². The number of carbonyl (C=O) groups excluding carboxylic acids is 1. The highest BCUT2D eigenvalue weighted by atomic mass is 32.2. The van der Waals surface area contributed by atoms with Crippen LogP contribution < -0.4 is 14.4 Å². The van der Waals surface area contributed by atoms with E-state index in [1.807, 2.05) is 18.2 Å². The number of amides is 1. The highest BCUT2D eigenvalue weighted by Crippen LogP contribution is 2.29. The summed E-state index contributed by atoms with van der Waals surface area (Å²) >= 11 is 0. The molecule has 0 spiro atoms. The Labute approximate surface area is 196 Å². The van der Waals surface area contributed by atoms with Crippen LogP contribution in [0.5, 0.6) is 5.75 Å². The third-order valence-corrected chi connectivity index (χ3v) is 6.79. The lowest BCUT2D eigenvalue weighted by atomic mass is 10.1. The molecule has 1 fully saturated rings. The van der Waals surface area contributed by atoms with Gasteiger partial charge in [-0.1, -0.05) is 36.4 Å². The van der Waals surface area contributed by atoms with Crippen LogP contribution in [-0.2, 0) is 32.6 Å². The van der Waals surface area contributed by atoms with Crippen LogP contribution in [0.2, 0.25) is 0 Å². The smallest absolute Gasteiger partial charge is 0.232 e. The van der Waals surface area contributed by atoms with Crippen molar-refractivity contribution in [2.24, 2.45) is 0 Å². The van der Waals surface area contributed by atoms with Crippen molar-refractivity contribution in [2.45, 2.75) is 25.9 Å². The van der Waals surface area contributed by atoms with Gasteiger partial charge in [-0.15, -0.1) is 0 Å². The third kappa shape index (κ3) is 7.45. The minimum atomic E-state index is -3.52. The molecular weight excluding hydrogens is 442 g/mol. The standard InChI is InChI=1S/C24H33N3O5S/c1-31-23-11-6-5-10-22(23)27(33(2,29)30)13-7-12-24(28)25-18-20-8-3-4-9-21(20)19-26-14-16-32-17-15-26/h3-6,8-11H,7,12-19H2,1-2H3,(H,25,28). The normalized spacial score (nSPS) is 14.6. The molecule has 33 heavy (non-hydrogen) atoms. The maximum absolute atomic E-state index is 12.5. The molecule has 0 atom stereocenters. The minimum absolute atomic E-state index is 0.107. The number of sulfonamides is 1. The van der Waals surface area contributed by atoms with Gasteiger partial charge in [0.05, 0.1) is 32.3 Å². The molecule has 0 bridgehead atoms. The number of rotatable bonds is 11. The number of morpholine rings is 1. The lowest BCUT2D eigenvalue weighted by molar-refractivity contribution is -0.121. The summed E-state index contributed by atoms with van der Waals surface area (Å²) in [4.78, 5) is 14.8. The van der Waals surface area contributed by atoms with E-state index in [0.29, 0.717) is 24.4 Å². The van der Waals surface area contributed by atoms with E-state index in [9.17, 15) is 13.2 Å². The van der Waals surface area contributed by atoms with Crippen LogP contribution in [0.15, 0.2) is 48.5 Å². The molecule has 1 aliphatic rings. The molecule has 180 valence electrons. The molecule has 8 nitrogen and oxygen atoms in total. The largest absolute Gasteiger partial charge is 0.495 e. The van der Waals surface area contributed by atoms with Gasteiger partial charge < -0.3 is 14.8 Å². The Balaban J connectivity index is 1.53. The monoisotopic (exact) mass is 475 g/mol. The lowest BCUT2D eigenvalue weighted by Crippen LogP contribution is -2.36. The number of para-hydroxylation sites is 2. The van der Waals surface area contributed by atoms with Gasteiger partial charge in [-0.2, -0.15) is 0 Å². The molecule has 1 N–H and O–H groups in total. The summed E-state index contributed by atoms with van der Waals surface area (Å²) < 4.78 is 36.7. The quantitative estimate of drug-likeness (QED) is 0.537. The number of anilines is 1. The fourth-order valence-corrected chi connectivity index (χ4v) is 4.82. The van der Waals surface area contributed by atoms with E-state index in [0.717, 1.165) is 44.7 Å². The van der Waals surface area contributed by atoms with Crippen LogP contribution in [0, 0.1) is 0 Å². The van der Waals surface area contributed by atoms with Gasteiger partial charge in [0.1, 0.15) is 5.75 Å². The van der Waals surface area contributed by atoms with Crippen LogP contribution in [0.1, 0.15) is 24.0 Å². The molecule has 0 aliphatic carbocycles. The zero-order valence-corrected chi connectivity index (χ0v) is 20.1. The topological polar surface area (TPSA) is 88.2 Å². The zero-order valence-electron chi connectivity index (χ0n) is 19.3. The molecule has 1 amide bonds. The van der Waals surface area contributed by atoms with Crippen LogP contribution in [0.3, 0.4) is 0 Å². The van der Waals surface area contributed by atoms with Gasteiger partial charge >= 0.3 is 0 Å². The molecule has 1 aliphatic heterocycles. The van der Waals surface area contributed by atoms with Crippen molar-refractivity contribution in [3.8, 4) is 5.75 Å². The molecular formula is C24H33N3O5S. The van der Waals surface area contributed by atoms with Crippen LogP contribution in [0.25, 0.3) is 0 Å². The number of benzene rings is 2. The average molecular weight is 476 g/mol. The fraction of sp³-hybridized carbons (Fsp3) is 0.458. The van der Waals surface area contributed by atoms with Gasteiger partial charge in [-0.3, -0.25) is 14.0 Å². The Morgan fingerprint density at radius 1 is 1.09 bits per heavy atom. The molecule has 0 unspecified atom stereocenters. The van der Waals surface area contributed by atoms with Crippen molar-refractivity contribution in [3.05, 3.63) is 59.7 Å². The average Bonchev–Trinajstić information content (AvgIpc) is 2.81. The second kappa shape index (κ2) is 12.0. The first-order valence-corrected chi connectivity index (χ1v) is 13.0. The van der Waals surface area contributed by atoms with Gasteiger partial charge in [-0.05, 0) is 29.7 Å². The minimum Gasteiger partial charge on any atom is -0.495 e. The maximum atomic E-state index is 12.5. The second-order valence-electron chi connectivity index (χ2n) is 8.04. The molecule has 2 aromatic rings. The molecule has 0 aromatic heterocycles. The first kappa shape index (κ1) is 25.0. The Morgan fingerprint density at radius 3 is 2.45 bits per heavy atom. The van der Waals surface area contributed by atoms with E-state index in [2.05, 4.69) is 16.3 Å². The van der Waals surface area contributed by atoms with Gasteiger partial charge in [0.25, 0.3) is 0 Å². The van der Waals surface area contributed by atoms with E-state index in [1.165, 1.54) is 17.0 Å². The third-order valence-electron chi connectivity index (χ3n) is 5.61. The van der Waals surface area contributed by atoms with Gasteiger partial charge in [0.15, 0.2) is 0 Å². The molecule has 9 heteroatoms. The number of nitrogens with zero attached hydrogens (tertiary/aromatic N) is 2.